The summed E-state index contributed by atoms with van der Waals surface area (Å²) in [4.78, 5) is 8.74. The lowest BCUT2D eigenvalue weighted by Gasteiger charge is -2.22. The molecule has 0 radical (unpaired) electrons. The third kappa shape index (κ3) is 3.28. The molecule has 3 N–H and O–H groups in total. The van der Waals surface area contributed by atoms with Gasteiger partial charge in [0, 0.05) is 6.04 Å². The first kappa shape index (κ1) is 16.6. The average molecular weight is 350 g/mol. The number of phenolic OH excluding ortho intramolecular Hbond substituents is 1. The fraction of sp³-hybridized carbons (Fsp3) is 0.300. The molecule has 1 fully saturated rings. The van der Waals surface area contributed by atoms with Crippen molar-refractivity contribution >= 4 is 22.4 Å². The zero-order valence-electron chi connectivity index (χ0n) is 14.6. The highest BCUT2D eigenvalue weighted by Gasteiger charge is 2.23. The van der Waals surface area contributed by atoms with E-state index in [4.69, 9.17) is 4.74 Å². The Balaban J connectivity index is 1.70. The third-order valence-electron chi connectivity index (χ3n) is 4.76. The van der Waals surface area contributed by atoms with E-state index in [1.807, 2.05) is 24.3 Å². The fourth-order valence-electron chi connectivity index (χ4n) is 3.37. The molecule has 2 atom stereocenters. The van der Waals surface area contributed by atoms with Gasteiger partial charge in [-0.3, -0.25) is 0 Å². The van der Waals surface area contributed by atoms with Gasteiger partial charge in [0.05, 0.1) is 16.6 Å². The van der Waals surface area contributed by atoms with E-state index in [9.17, 15) is 5.11 Å². The molecule has 0 unspecified atom stereocenters. The predicted molar refractivity (Wildman–Crippen MR) is 102 cm³/mol. The largest absolute Gasteiger partial charge is 0.506 e. The van der Waals surface area contributed by atoms with Gasteiger partial charge in [-0.05, 0) is 50.6 Å². The highest BCUT2D eigenvalue weighted by Crippen LogP contribution is 2.34. The molecule has 1 aliphatic rings. The summed E-state index contributed by atoms with van der Waals surface area (Å²) in [7, 11) is 0. The minimum Gasteiger partial charge on any atom is -0.506 e. The SMILES string of the molecule is C[C@@H](Oc1cccc2ncnc(Nc3ccccc3O)c12)[C@H]1CCCN1. The second kappa shape index (κ2) is 7.17. The smallest absolute Gasteiger partial charge is 0.145 e. The zero-order chi connectivity index (χ0) is 17.9. The highest BCUT2D eigenvalue weighted by atomic mass is 16.5. The number of aromatic hydroxyl groups is 1. The molecule has 0 aliphatic carbocycles. The van der Waals surface area contributed by atoms with Crippen molar-refractivity contribution < 1.29 is 9.84 Å². The first-order valence-corrected chi connectivity index (χ1v) is 8.91. The number of para-hydroxylation sites is 2. The maximum atomic E-state index is 10.1. The molecule has 3 aromatic rings. The van der Waals surface area contributed by atoms with Gasteiger partial charge in [0.15, 0.2) is 0 Å². The molecule has 134 valence electrons. The summed E-state index contributed by atoms with van der Waals surface area (Å²) in [6.45, 7) is 3.12. The molecule has 2 heterocycles. The monoisotopic (exact) mass is 350 g/mol. The molecule has 0 amide bonds. The average Bonchev–Trinajstić information content (AvgIpc) is 3.19. The Hall–Kier alpha value is -2.86. The normalized spacial score (nSPS) is 18.0. The summed E-state index contributed by atoms with van der Waals surface area (Å²) < 4.78 is 6.28. The maximum Gasteiger partial charge on any atom is 0.145 e. The Bertz CT molecular complexity index is 904. The molecular formula is C20H22N4O2. The minimum absolute atomic E-state index is 0.0429. The number of nitrogens with zero attached hydrogens (tertiary/aromatic N) is 2. The standard InChI is InChI=1S/C20H22N4O2/c1-13(14-8-5-11-21-14)26-18-10-4-7-16-19(18)20(23-12-22-16)24-15-6-2-3-9-17(15)25/h2-4,6-7,9-10,12-14,21,25H,5,8,11H2,1H3,(H,22,23,24)/t13-,14-/m1/s1. The molecule has 6 nitrogen and oxygen atoms in total. The van der Waals surface area contributed by atoms with E-state index in [0.717, 1.165) is 29.6 Å². The first-order valence-electron chi connectivity index (χ1n) is 8.91. The summed E-state index contributed by atoms with van der Waals surface area (Å²) in [5.74, 6) is 1.52. The molecule has 0 spiro atoms. The number of phenols is 1. The molecule has 0 bridgehead atoms. The van der Waals surface area contributed by atoms with Crippen LogP contribution in [0.3, 0.4) is 0 Å². The van der Waals surface area contributed by atoms with E-state index in [1.54, 1.807) is 18.2 Å². The van der Waals surface area contributed by atoms with Gasteiger partial charge in [-0.2, -0.15) is 0 Å². The maximum absolute atomic E-state index is 10.1. The van der Waals surface area contributed by atoms with Gasteiger partial charge in [0.2, 0.25) is 0 Å². The number of benzene rings is 2. The van der Waals surface area contributed by atoms with E-state index in [0.29, 0.717) is 17.5 Å². The quantitative estimate of drug-likeness (QED) is 0.610. The number of nitrogens with one attached hydrogen (secondary N) is 2. The molecule has 1 saturated heterocycles. The molecule has 26 heavy (non-hydrogen) atoms. The van der Waals surface area contributed by atoms with Crippen LogP contribution in [0, 0.1) is 0 Å². The summed E-state index contributed by atoms with van der Waals surface area (Å²) in [6.07, 6.45) is 3.85. The number of rotatable bonds is 5. The molecular weight excluding hydrogens is 328 g/mol. The van der Waals surface area contributed by atoms with E-state index < -0.39 is 0 Å². The highest BCUT2D eigenvalue weighted by molar-refractivity contribution is 5.96. The van der Waals surface area contributed by atoms with Gasteiger partial charge in [-0.1, -0.05) is 18.2 Å². The van der Waals surface area contributed by atoms with Crippen LogP contribution in [0.5, 0.6) is 11.5 Å². The van der Waals surface area contributed by atoms with E-state index in [1.165, 1.54) is 12.7 Å². The Morgan fingerprint density at radius 3 is 2.88 bits per heavy atom. The van der Waals surface area contributed by atoms with Gasteiger partial charge in [-0.15, -0.1) is 0 Å². The topological polar surface area (TPSA) is 79.3 Å². The lowest BCUT2D eigenvalue weighted by molar-refractivity contribution is 0.182. The molecule has 4 rings (SSSR count). The molecule has 1 aliphatic heterocycles. The van der Waals surface area contributed by atoms with Gasteiger partial charge in [0.1, 0.15) is 29.7 Å². The molecule has 6 heteroatoms. The summed E-state index contributed by atoms with van der Waals surface area (Å²) >= 11 is 0. The van der Waals surface area contributed by atoms with Crippen LogP contribution in [0.4, 0.5) is 11.5 Å². The Kier molecular flexibility index (Phi) is 4.58. The lowest BCUT2D eigenvalue weighted by atomic mass is 10.1. The number of aromatic nitrogens is 2. The van der Waals surface area contributed by atoms with Crippen LogP contribution >= 0.6 is 0 Å². The van der Waals surface area contributed by atoms with Crippen LogP contribution in [0.25, 0.3) is 10.9 Å². The van der Waals surface area contributed by atoms with Crippen molar-refractivity contribution in [1.29, 1.82) is 0 Å². The second-order valence-corrected chi connectivity index (χ2v) is 6.54. The fourth-order valence-corrected chi connectivity index (χ4v) is 3.37. The number of anilines is 2. The molecule has 1 aromatic heterocycles. The molecule has 0 saturated carbocycles. The van der Waals surface area contributed by atoms with E-state index >= 15 is 0 Å². The molecule has 2 aromatic carbocycles. The van der Waals surface area contributed by atoms with Crippen molar-refractivity contribution in [2.45, 2.75) is 31.9 Å². The van der Waals surface area contributed by atoms with Crippen molar-refractivity contribution in [1.82, 2.24) is 15.3 Å². The second-order valence-electron chi connectivity index (χ2n) is 6.54. The third-order valence-corrected chi connectivity index (χ3v) is 4.76. The van der Waals surface area contributed by atoms with Crippen LogP contribution in [-0.4, -0.2) is 33.8 Å². The van der Waals surface area contributed by atoms with Gasteiger partial charge in [0.25, 0.3) is 0 Å². The van der Waals surface area contributed by atoms with Crippen molar-refractivity contribution in [3.8, 4) is 11.5 Å². The van der Waals surface area contributed by atoms with Gasteiger partial charge < -0.3 is 20.5 Å². The summed E-state index contributed by atoms with van der Waals surface area (Å²) in [6, 6.07) is 13.2. The van der Waals surface area contributed by atoms with E-state index in [-0.39, 0.29) is 11.9 Å². The summed E-state index contributed by atoms with van der Waals surface area (Å²) in [5.41, 5.74) is 1.38. The van der Waals surface area contributed by atoms with Gasteiger partial charge >= 0.3 is 0 Å². The van der Waals surface area contributed by atoms with Crippen LogP contribution in [0.15, 0.2) is 48.8 Å². The number of fused-ring (bicyclic) bond motifs is 1. The zero-order valence-corrected chi connectivity index (χ0v) is 14.6. The van der Waals surface area contributed by atoms with Gasteiger partial charge in [-0.25, -0.2) is 9.97 Å². The minimum atomic E-state index is 0.0429. The number of hydrogen-bond acceptors (Lipinski definition) is 6. The van der Waals surface area contributed by atoms with Crippen LogP contribution in [0.2, 0.25) is 0 Å². The first-order chi connectivity index (χ1) is 12.7. The Morgan fingerprint density at radius 1 is 1.19 bits per heavy atom. The Morgan fingerprint density at radius 2 is 2.08 bits per heavy atom. The van der Waals surface area contributed by atoms with E-state index in [2.05, 4.69) is 27.5 Å². The van der Waals surface area contributed by atoms with Crippen LogP contribution in [0.1, 0.15) is 19.8 Å². The summed E-state index contributed by atoms with van der Waals surface area (Å²) in [5, 5.41) is 17.5. The number of ether oxygens (including phenoxy) is 1. The Labute approximate surface area is 152 Å². The van der Waals surface area contributed by atoms with Crippen molar-refractivity contribution in [2.75, 3.05) is 11.9 Å². The number of hydrogen-bond donors (Lipinski definition) is 3. The van der Waals surface area contributed by atoms with Crippen molar-refractivity contribution in [2.24, 2.45) is 0 Å². The predicted octanol–water partition coefficient (Wildman–Crippen LogP) is 3.60. The lowest BCUT2D eigenvalue weighted by Crippen LogP contribution is -2.36. The van der Waals surface area contributed by atoms with Crippen molar-refractivity contribution in [3.63, 3.8) is 0 Å². The van der Waals surface area contributed by atoms with Crippen LogP contribution < -0.4 is 15.4 Å². The van der Waals surface area contributed by atoms with Crippen molar-refractivity contribution in [3.05, 3.63) is 48.8 Å². The van der Waals surface area contributed by atoms with Crippen LogP contribution in [-0.2, 0) is 0 Å².